The molecule has 38 heavy (non-hydrogen) atoms. The van der Waals surface area contributed by atoms with Gasteiger partial charge in [0.2, 0.25) is 0 Å². The maximum atomic E-state index is 13.9. The highest BCUT2D eigenvalue weighted by atomic mass is 16.5. The number of rotatable bonds is 4. The van der Waals surface area contributed by atoms with Crippen LogP contribution in [0.4, 0.5) is 0 Å². The second-order valence-electron chi connectivity index (χ2n) is 12.7. The van der Waals surface area contributed by atoms with Crippen LogP contribution in [0.1, 0.15) is 99.0 Å². The molecule has 7 rings (SSSR count). The van der Waals surface area contributed by atoms with Gasteiger partial charge in [-0.1, -0.05) is 18.9 Å². The van der Waals surface area contributed by atoms with E-state index in [1.54, 1.807) is 0 Å². The first kappa shape index (κ1) is 23.9. The van der Waals surface area contributed by atoms with E-state index < -0.39 is 11.9 Å². The third-order valence-electron chi connectivity index (χ3n) is 10.2. The molecule has 198 valence electrons. The number of aliphatic carboxylic acids is 1. The van der Waals surface area contributed by atoms with Crippen molar-refractivity contribution in [2.24, 2.45) is 10.8 Å². The first-order chi connectivity index (χ1) is 18.2. The second kappa shape index (κ2) is 8.17. The van der Waals surface area contributed by atoms with E-state index in [0.29, 0.717) is 36.0 Å². The number of carbonyl (C=O) groups excluding carboxylic acids is 2. The number of allylic oxidation sites excluding steroid dienone is 4. The van der Waals surface area contributed by atoms with Crippen LogP contribution >= 0.6 is 0 Å². The molecule has 2 spiro atoms. The number of carbonyl (C=O) groups is 3. The average Bonchev–Trinajstić information content (AvgIpc) is 3.22. The van der Waals surface area contributed by atoms with Crippen molar-refractivity contribution in [3.05, 3.63) is 57.2 Å². The van der Waals surface area contributed by atoms with Crippen LogP contribution in [0.3, 0.4) is 0 Å². The quantitative estimate of drug-likeness (QED) is 0.485. The van der Waals surface area contributed by atoms with Crippen molar-refractivity contribution in [1.82, 2.24) is 0 Å². The number of hydrogen-bond acceptors (Lipinski definition) is 5. The Balaban J connectivity index is 1.45. The van der Waals surface area contributed by atoms with E-state index in [9.17, 15) is 19.5 Å². The van der Waals surface area contributed by atoms with Crippen LogP contribution in [0.2, 0.25) is 0 Å². The average molecular weight is 515 g/mol. The van der Waals surface area contributed by atoms with E-state index in [0.717, 1.165) is 90.7 Å². The Morgan fingerprint density at radius 1 is 0.921 bits per heavy atom. The van der Waals surface area contributed by atoms with Crippen molar-refractivity contribution in [3.8, 4) is 0 Å². The normalized spacial score (nSPS) is 23.8. The van der Waals surface area contributed by atoms with Gasteiger partial charge in [0.25, 0.3) is 0 Å². The molecular formula is C32H34O6. The number of ether oxygens (including phenoxy) is 1. The number of ketones is 2. The zero-order valence-corrected chi connectivity index (χ0v) is 22.2. The molecule has 2 saturated carbocycles. The van der Waals surface area contributed by atoms with Crippen molar-refractivity contribution < 1.29 is 28.6 Å². The maximum absolute atomic E-state index is 13.9. The van der Waals surface area contributed by atoms with Gasteiger partial charge in [0.15, 0.2) is 11.6 Å². The molecule has 0 saturated heterocycles. The van der Waals surface area contributed by atoms with Crippen LogP contribution in [0.5, 0.6) is 0 Å². The third-order valence-corrected chi connectivity index (χ3v) is 10.2. The Morgan fingerprint density at radius 3 is 2.00 bits per heavy atom. The molecule has 2 fully saturated rings. The molecular weight excluding hydrogens is 480 g/mol. The highest BCUT2D eigenvalue weighted by molar-refractivity contribution is 6.07. The van der Waals surface area contributed by atoms with E-state index in [2.05, 4.69) is 0 Å². The third kappa shape index (κ3) is 3.48. The van der Waals surface area contributed by atoms with Gasteiger partial charge < -0.3 is 14.3 Å². The number of carboxylic acids is 1. The van der Waals surface area contributed by atoms with Crippen molar-refractivity contribution in [3.63, 3.8) is 0 Å². The molecule has 6 heteroatoms. The smallest absolute Gasteiger partial charge is 0.303 e. The van der Waals surface area contributed by atoms with E-state index in [-0.39, 0.29) is 28.8 Å². The van der Waals surface area contributed by atoms with Gasteiger partial charge >= 0.3 is 5.97 Å². The predicted octanol–water partition coefficient (Wildman–Crippen LogP) is 6.76. The number of carboxylic acid groups (broad SMARTS) is 1. The van der Waals surface area contributed by atoms with Gasteiger partial charge in [-0.05, 0) is 74.0 Å². The first-order valence-electron chi connectivity index (χ1n) is 14.1. The van der Waals surface area contributed by atoms with Gasteiger partial charge in [-0.25, -0.2) is 0 Å². The molecule has 1 N–H and O–H groups in total. The Morgan fingerprint density at radius 2 is 1.50 bits per heavy atom. The summed E-state index contributed by atoms with van der Waals surface area (Å²) in [5.41, 5.74) is 4.67. The van der Waals surface area contributed by atoms with E-state index in [1.807, 2.05) is 26.0 Å². The van der Waals surface area contributed by atoms with E-state index in [1.165, 1.54) is 0 Å². The largest absolute Gasteiger partial charge is 0.481 e. The number of aryl methyl sites for hydroxylation is 3. The fraction of sp³-hybridized carbons (Fsp3) is 0.531. The number of furan rings is 1. The fourth-order valence-corrected chi connectivity index (χ4v) is 7.93. The molecule has 1 aliphatic heterocycles. The Bertz CT molecular complexity index is 1430. The SMILES string of the molecule is Cc1cc2c(C)c(CCC(=O)O)cc(C3C4=C(CC5(CCC5)CC4=O)OC4=C3C(=O)CC3(CCC3)C4)c2o1. The minimum atomic E-state index is -0.850. The first-order valence-corrected chi connectivity index (χ1v) is 14.1. The zero-order chi connectivity index (χ0) is 26.4. The molecule has 0 radical (unpaired) electrons. The lowest BCUT2D eigenvalue weighted by Crippen LogP contribution is -2.43. The summed E-state index contributed by atoms with van der Waals surface area (Å²) >= 11 is 0. The lowest BCUT2D eigenvalue weighted by molar-refractivity contribution is -0.137. The summed E-state index contributed by atoms with van der Waals surface area (Å²) in [6.07, 6.45) is 9.38. The van der Waals surface area contributed by atoms with Crippen molar-refractivity contribution in [2.45, 2.75) is 96.8 Å². The number of benzene rings is 1. The van der Waals surface area contributed by atoms with Crippen molar-refractivity contribution >= 4 is 28.5 Å². The van der Waals surface area contributed by atoms with Gasteiger partial charge in [0.05, 0.1) is 5.92 Å². The fourth-order valence-electron chi connectivity index (χ4n) is 7.93. The van der Waals surface area contributed by atoms with Crippen LogP contribution in [0.25, 0.3) is 11.0 Å². The summed E-state index contributed by atoms with van der Waals surface area (Å²) in [4.78, 5) is 39.3. The molecule has 5 aliphatic rings. The maximum Gasteiger partial charge on any atom is 0.303 e. The summed E-state index contributed by atoms with van der Waals surface area (Å²) in [5, 5.41) is 10.3. The van der Waals surface area contributed by atoms with Crippen molar-refractivity contribution in [1.29, 1.82) is 0 Å². The van der Waals surface area contributed by atoms with Crippen LogP contribution < -0.4 is 0 Å². The lowest BCUT2D eigenvalue weighted by Gasteiger charge is -2.50. The molecule has 1 aromatic carbocycles. The van der Waals surface area contributed by atoms with Crippen molar-refractivity contribution in [2.75, 3.05) is 0 Å². The molecule has 4 aliphatic carbocycles. The van der Waals surface area contributed by atoms with Gasteiger partial charge in [-0.15, -0.1) is 0 Å². The van der Waals surface area contributed by atoms with Crippen LogP contribution in [-0.2, 0) is 25.5 Å². The molecule has 6 nitrogen and oxygen atoms in total. The molecule has 0 atom stereocenters. The van der Waals surface area contributed by atoms with Crippen LogP contribution in [-0.4, -0.2) is 22.6 Å². The number of Topliss-reactive ketones (excluding diaryl/α,β-unsaturated/α-hetero) is 2. The summed E-state index contributed by atoms with van der Waals surface area (Å²) in [7, 11) is 0. The van der Waals surface area contributed by atoms with Gasteiger partial charge in [0.1, 0.15) is 22.9 Å². The minimum Gasteiger partial charge on any atom is -0.481 e. The van der Waals surface area contributed by atoms with E-state index in [4.69, 9.17) is 9.15 Å². The highest BCUT2D eigenvalue weighted by Crippen LogP contribution is 2.61. The van der Waals surface area contributed by atoms with Crippen LogP contribution in [0.15, 0.2) is 39.2 Å². The van der Waals surface area contributed by atoms with Crippen LogP contribution in [0, 0.1) is 24.7 Å². The monoisotopic (exact) mass is 514 g/mol. The minimum absolute atomic E-state index is 0.00186. The molecule has 0 unspecified atom stereocenters. The summed E-state index contributed by atoms with van der Waals surface area (Å²) in [6.45, 7) is 3.90. The Kier molecular flexibility index (Phi) is 5.15. The number of fused-ring (bicyclic) bond motifs is 1. The summed E-state index contributed by atoms with van der Waals surface area (Å²) in [6, 6.07) is 4.00. The topological polar surface area (TPSA) is 93.8 Å². The summed E-state index contributed by atoms with van der Waals surface area (Å²) < 4.78 is 12.9. The molecule has 2 aromatic rings. The standard InChI is InChI=1S/C32H34O6/c1-17-11-20-18(2)19(5-6-26(35)36)12-21(30(20)37-17)27-28-22(33)13-31(7-3-8-31)15-24(28)38-25-16-32(9-4-10-32)14-23(34)29(25)27/h11-12,27H,3-10,13-16H2,1-2H3,(H,35,36). The summed E-state index contributed by atoms with van der Waals surface area (Å²) in [5.74, 6) is 1.07. The van der Waals surface area contributed by atoms with E-state index >= 15 is 0 Å². The number of hydrogen-bond donors (Lipinski definition) is 1. The molecule has 1 aromatic heterocycles. The second-order valence-corrected chi connectivity index (χ2v) is 12.7. The van der Waals surface area contributed by atoms with Gasteiger partial charge in [-0.3, -0.25) is 14.4 Å². The highest BCUT2D eigenvalue weighted by Gasteiger charge is 2.54. The predicted molar refractivity (Wildman–Crippen MR) is 141 cm³/mol. The van der Waals surface area contributed by atoms with Gasteiger partial charge in [-0.2, -0.15) is 0 Å². The molecule has 0 amide bonds. The van der Waals surface area contributed by atoms with Gasteiger partial charge in [0, 0.05) is 54.2 Å². The Labute approximate surface area is 222 Å². The zero-order valence-electron chi connectivity index (χ0n) is 22.2. The molecule has 2 heterocycles. The molecule has 0 bridgehead atoms. The lowest BCUT2D eigenvalue weighted by atomic mass is 9.56. The Hall–Kier alpha value is -3.15.